The minimum atomic E-state index is 0. The molecule has 1 fully saturated rings. The third-order valence-corrected chi connectivity index (χ3v) is 4.01. The van der Waals surface area contributed by atoms with E-state index in [0.29, 0.717) is 12.5 Å². The van der Waals surface area contributed by atoms with Crippen LogP contribution >= 0.6 is 12.4 Å². The van der Waals surface area contributed by atoms with E-state index in [1.165, 1.54) is 5.56 Å². The summed E-state index contributed by atoms with van der Waals surface area (Å²) in [5, 5.41) is 0. The number of benzene rings is 1. The Bertz CT molecular complexity index is 450. The van der Waals surface area contributed by atoms with E-state index in [2.05, 4.69) is 13.8 Å². The van der Waals surface area contributed by atoms with Gasteiger partial charge in [-0.15, -0.1) is 12.4 Å². The smallest absolute Gasteiger partial charge is 0.260 e. The number of halogens is 1. The molecule has 118 valence electrons. The van der Waals surface area contributed by atoms with Gasteiger partial charge in [0.15, 0.2) is 6.61 Å². The van der Waals surface area contributed by atoms with Crippen LogP contribution in [0.2, 0.25) is 0 Å². The minimum absolute atomic E-state index is 0. The lowest BCUT2D eigenvalue weighted by atomic mass is 10.1. The first-order valence-electron chi connectivity index (χ1n) is 7.35. The topological polar surface area (TPSA) is 55.6 Å². The zero-order chi connectivity index (χ0) is 14.5. The second-order valence-electron chi connectivity index (χ2n) is 5.52. The van der Waals surface area contributed by atoms with Crippen LogP contribution in [-0.4, -0.2) is 36.5 Å². The highest BCUT2D eigenvalue weighted by molar-refractivity contribution is 5.85. The molecule has 1 amide bonds. The summed E-state index contributed by atoms with van der Waals surface area (Å²) in [5.41, 5.74) is 6.95. The average molecular weight is 313 g/mol. The van der Waals surface area contributed by atoms with E-state index in [1.54, 1.807) is 0 Å². The quantitative estimate of drug-likeness (QED) is 0.907. The molecule has 0 saturated carbocycles. The first-order chi connectivity index (χ1) is 9.63. The van der Waals surface area contributed by atoms with Crippen molar-refractivity contribution in [3.8, 4) is 5.75 Å². The fourth-order valence-electron chi connectivity index (χ4n) is 2.71. The lowest BCUT2D eigenvalue weighted by Crippen LogP contribution is -2.37. The lowest BCUT2D eigenvalue weighted by Gasteiger charge is -2.21. The number of amides is 1. The van der Waals surface area contributed by atoms with Crippen molar-refractivity contribution in [1.82, 2.24) is 4.90 Å². The van der Waals surface area contributed by atoms with E-state index < -0.39 is 0 Å². The Hall–Kier alpha value is -1.26. The van der Waals surface area contributed by atoms with E-state index in [4.69, 9.17) is 10.5 Å². The zero-order valence-corrected chi connectivity index (χ0v) is 13.6. The van der Waals surface area contributed by atoms with Crippen molar-refractivity contribution in [2.75, 3.05) is 19.7 Å². The van der Waals surface area contributed by atoms with Crippen LogP contribution in [0.3, 0.4) is 0 Å². The van der Waals surface area contributed by atoms with E-state index in [9.17, 15) is 4.79 Å². The summed E-state index contributed by atoms with van der Waals surface area (Å²) >= 11 is 0. The van der Waals surface area contributed by atoms with Gasteiger partial charge in [0.2, 0.25) is 0 Å². The van der Waals surface area contributed by atoms with Gasteiger partial charge >= 0.3 is 0 Å². The maximum atomic E-state index is 12.2. The summed E-state index contributed by atoms with van der Waals surface area (Å²) in [4.78, 5) is 14.1. The third kappa shape index (κ3) is 4.61. The summed E-state index contributed by atoms with van der Waals surface area (Å²) in [7, 11) is 0. The van der Waals surface area contributed by atoms with Crippen LogP contribution in [0.25, 0.3) is 0 Å². The van der Waals surface area contributed by atoms with E-state index in [1.807, 2.05) is 29.2 Å². The van der Waals surface area contributed by atoms with Gasteiger partial charge in [-0.3, -0.25) is 4.79 Å². The molecule has 21 heavy (non-hydrogen) atoms. The summed E-state index contributed by atoms with van der Waals surface area (Å²) < 4.78 is 5.57. The first-order valence-corrected chi connectivity index (χ1v) is 7.35. The molecule has 1 aromatic carbocycles. The van der Waals surface area contributed by atoms with Gasteiger partial charge in [0.1, 0.15) is 5.75 Å². The molecule has 1 saturated heterocycles. The predicted molar refractivity (Wildman–Crippen MR) is 86.9 cm³/mol. The normalized spacial score (nSPS) is 21.0. The van der Waals surface area contributed by atoms with E-state index in [0.717, 1.165) is 25.1 Å². The molecule has 1 aliphatic heterocycles. The van der Waals surface area contributed by atoms with Gasteiger partial charge in [0.05, 0.1) is 0 Å². The van der Waals surface area contributed by atoms with E-state index in [-0.39, 0.29) is 31.0 Å². The Kier molecular flexibility index (Phi) is 6.99. The van der Waals surface area contributed by atoms with Crippen molar-refractivity contribution >= 4 is 18.3 Å². The maximum Gasteiger partial charge on any atom is 0.260 e. The van der Waals surface area contributed by atoms with Gasteiger partial charge in [-0.1, -0.05) is 19.1 Å². The van der Waals surface area contributed by atoms with Crippen LogP contribution in [-0.2, 0) is 11.2 Å². The standard InChI is InChI=1S/C16H24N2O2.ClH/c1-3-13-4-6-15(7-5-13)20-11-16(19)18-10-14(9-17)8-12(18)2;/h4-7,12,14H,3,8-11,17H2,1-2H3;1H. The highest BCUT2D eigenvalue weighted by atomic mass is 35.5. The van der Waals surface area contributed by atoms with Crippen molar-refractivity contribution in [2.45, 2.75) is 32.7 Å². The molecule has 2 rings (SSSR count). The molecule has 5 heteroatoms. The largest absolute Gasteiger partial charge is 0.484 e. The van der Waals surface area contributed by atoms with Crippen molar-refractivity contribution in [1.29, 1.82) is 0 Å². The zero-order valence-electron chi connectivity index (χ0n) is 12.7. The average Bonchev–Trinajstić information content (AvgIpc) is 2.86. The Morgan fingerprint density at radius 1 is 1.38 bits per heavy atom. The molecule has 2 unspecified atom stereocenters. The predicted octanol–water partition coefficient (Wildman–Crippen LogP) is 2.25. The fourth-order valence-corrected chi connectivity index (χ4v) is 2.71. The molecular weight excluding hydrogens is 288 g/mol. The Morgan fingerprint density at radius 2 is 2.05 bits per heavy atom. The number of carbonyl (C=O) groups excluding carboxylic acids is 1. The van der Waals surface area contributed by atoms with Gasteiger partial charge in [-0.2, -0.15) is 0 Å². The number of hydrogen-bond donors (Lipinski definition) is 1. The van der Waals surface area contributed by atoms with Gasteiger partial charge in [-0.05, 0) is 49.9 Å². The second kappa shape index (κ2) is 8.25. The molecule has 1 aliphatic rings. The van der Waals surface area contributed by atoms with Crippen LogP contribution in [0, 0.1) is 5.92 Å². The van der Waals surface area contributed by atoms with Crippen molar-refractivity contribution < 1.29 is 9.53 Å². The molecule has 0 radical (unpaired) electrons. The molecule has 0 spiro atoms. The van der Waals surface area contributed by atoms with E-state index >= 15 is 0 Å². The molecule has 1 aromatic rings. The summed E-state index contributed by atoms with van der Waals surface area (Å²) in [6.07, 6.45) is 2.00. The number of rotatable bonds is 5. The van der Waals surface area contributed by atoms with Crippen LogP contribution in [0.1, 0.15) is 25.8 Å². The molecule has 4 nitrogen and oxygen atoms in total. The third-order valence-electron chi connectivity index (χ3n) is 4.01. The Balaban J connectivity index is 0.00000220. The summed E-state index contributed by atoms with van der Waals surface area (Å²) in [6, 6.07) is 8.16. The highest BCUT2D eigenvalue weighted by Gasteiger charge is 2.31. The van der Waals surface area contributed by atoms with Crippen LogP contribution < -0.4 is 10.5 Å². The van der Waals surface area contributed by atoms with Gasteiger partial charge < -0.3 is 15.4 Å². The van der Waals surface area contributed by atoms with Crippen molar-refractivity contribution in [3.63, 3.8) is 0 Å². The maximum absolute atomic E-state index is 12.2. The fraction of sp³-hybridized carbons (Fsp3) is 0.562. The van der Waals surface area contributed by atoms with Crippen molar-refractivity contribution in [2.24, 2.45) is 11.7 Å². The molecule has 0 bridgehead atoms. The van der Waals surface area contributed by atoms with Crippen LogP contribution in [0.4, 0.5) is 0 Å². The monoisotopic (exact) mass is 312 g/mol. The minimum Gasteiger partial charge on any atom is -0.484 e. The van der Waals surface area contributed by atoms with Crippen LogP contribution in [0.5, 0.6) is 5.75 Å². The molecule has 0 aromatic heterocycles. The van der Waals surface area contributed by atoms with Gasteiger partial charge in [0.25, 0.3) is 5.91 Å². The van der Waals surface area contributed by atoms with Gasteiger partial charge in [0, 0.05) is 12.6 Å². The van der Waals surface area contributed by atoms with Crippen LogP contribution in [0.15, 0.2) is 24.3 Å². The second-order valence-corrected chi connectivity index (χ2v) is 5.52. The Morgan fingerprint density at radius 3 is 2.57 bits per heavy atom. The van der Waals surface area contributed by atoms with Gasteiger partial charge in [-0.25, -0.2) is 0 Å². The molecule has 0 aliphatic carbocycles. The molecule has 1 heterocycles. The highest BCUT2D eigenvalue weighted by Crippen LogP contribution is 2.22. The number of nitrogens with two attached hydrogens (primary N) is 1. The Labute approximate surface area is 133 Å². The molecule has 2 atom stereocenters. The van der Waals surface area contributed by atoms with Crippen molar-refractivity contribution in [3.05, 3.63) is 29.8 Å². The number of ether oxygens (including phenoxy) is 1. The molecule has 2 N–H and O–H groups in total. The first kappa shape index (κ1) is 17.8. The number of likely N-dealkylation sites (tertiary alicyclic amines) is 1. The number of hydrogen-bond acceptors (Lipinski definition) is 3. The lowest BCUT2D eigenvalue weighted by molar-refractivity contribution is -0.134. The number of carbonyl (C=O) groups is 1. The molecular formula is C16H25ClN2O2. The SMILES string of the molecule is CCc1ccc(OCC(=O)N2CC(CN)CC2C)cc1.Cl. The number of nitrogens with zero attached hydrogens (tertiary/aromatic N) is 1. The number of aryl methyl sites for hydroxylation is 1. The summed E-state index contributed by atoms with van der Waals surface area (Å²) in [6.45, 7) is 5.70. The summed E-state index contributed by atoms with van der Waals surface area (Å²) in [5.74, 6) is 1.23.